The summed E-state index contributed by atoms with van der Waals surface area (Å²) in [7, 11) is 0. The van der Waals surface area contributed by atoms with Crippen LogP contribution >= 0.6 is 11.6 Å². The SMILES string of the molecule is CCc1ccc(Oc2ncnc(Nc3ccccc3Cl)c2[N+](=O)[O-])cc1. The summed E-state index contributed by atoms with van der Waals surface area (Å²) in [5.41, 5.74) is 1.26. The Labute approximate surface area is 154 Å². The molecule has 7 nitrogen and oxygen atoms in total. The second kappa shape index (κ2) is 7.79. The van der Waals surface area contributed by atoms with E-state index < -0.39 is 4.92 Å². The number of benzene rings is 2. The Hall–Kier alpha value is -3.19. The second-order valence-corrected chi connectivity index (χ2v) is 5.74. The fourth-order valence-corrected chi connectivity index (χ4v) is 2.47. The first-order valence-electron chi connectivity index (χ1n) is 7.86. The van der Waals surface area contributed by atoms with Gasteiger partial charge in [-0.3, -0.25) is 10.1 Å². The van der Waals surface area contributed by atoms with Crippen LogP contribution < -0.4 is 10.1 Å². The van der Waals surface area contributed by atoms with Crippen LogP contribution in [0, 0.1) is 10.1 Å². The van der Waals surface area contributed by atoms with Crippen LogP contribution in [-0.2, 0) is 6.42 Å². The Morgan fingerprint density at radius 1 is 1.15 bits per heavy atom. The van der Waals surface area contributed by atoms with Crippen molar-refractivity contribution in [1.82, 2.24) is 9.97 Å². The molecule has 0 amide bonds. The first-order valence-corrected chi connectivity index (χ1v) is 8.24. The van der Waals surface area contributed by atoms with Gasteiger partial charge in [0.25, 0.3) is 0 Å². The molecule has 0 radical (unpaired) electrons. The molecule has 0 saturated heterocycles. The van der Waals surface area contributed by atoms with Gasteiger partial charge in [-0.15, -0.1) is 0 Å². The van der Waals surface area contributed by atoms with E-state index in [0.29, 0.717) is 16.5 Å². The van der Waals surface area contributed by atoms with Gasteiger partial charge in [0, 0.05) is 0 Å². The highest BCUT2D eigenvalue weighted by Gasteiger charge is 2.25. The zero-order valence-corrected chi connectivity index (χ0v) is 14.6. The molecule has 8 heteroatoms. The van der Waals surface area contributed by atoms with E-state index in [4.69, 9.17) is 16.3 Å². The van der Waals surface area contributed by atoms with E-state index in [1.807, 2.05) is 19.1 Å². The third kappa shape index (κ3) is 3.89. The lowest BCUT2D eigenvalue weighted by atomic mass is 10.2. The average Bonchev–Trinajstić information content (AvgIpc) is 2.64. The van der Waals surface area contributed by atoms with Crippen LogP contribution in [-0.4, -0.2) is 14.9 Å². The van der Waals surface area contributed by atoms with Crippen molar-refractivity contribution in [2.45, 2.75) is 13.3 Å². The van der Waals surface area contributed by atoms with E-state index in [2.05, 4.69) is 15.3 Å². The number of nitro groups is 1. The van der Waals surface area contributed by atoms with Crippen molar-refractivity contribution in [1.29, 1.82) is 0 Å². The van der Waals surface area contributed by atoms with Crippen molar-refractivity contribution in [3.8, 4) is 11.6 Å². The molecule has 26 heavy (non-hydrogen) atoms. The molecule has 0 bridgehead atoms. The molecule has 1 N–H and O–H groups in total. The average molecular weight is 371 g/mol. The highest BCUT2D eigenvalue weighted by molar-refractivity contribution is 6.33. The molecule has 2 aromatic carbocycles. The molecule has 0 unspecified atom stereocenters. The highest BCUT2D eigenvalue weighted by Crippen LogP contribution is 2.36. The van der Waals surface area contributed by atoms with Gasteiger partial charge in [-0.1, -0.05) is 42.8 Å². The zero-order chi connectivity index (χ0) is 18.5. The van der Waals surface area contributed by atoms with Gasteiger partial charge in [0.05, 0.1) is 15.6 Å². The number of hydrogen-bond acceptors (Lipinski definition) is 6. The van der Waals surface area contributed by atoms with Crippen LogP contribution in [0.15, 0.2) is 54.9 Å². The topological polar surface area (TPSA) is 90.2 Å². The lowest BCUT2D eigenvalue weighted by Gasteiger charge is -2.10. The molecule has 1 heterocycles. The van der Waals surface area contributed by atoms with Crippen molar-refractivity contribution in [3.63, 3.8) is 0 Å². The van der Waals surface area contributed by atoms with Crippen LogP contribution in [0.4, 0.5) is 17.2 Å². The monoisotopic (exact) mass is 370 g/mol. The summed E-state index contributed by atoms with van der Waals surface area (Å²) in [4.78, 5) is 18.9. The van der Waals surface area contributed by atoms with Crippen LogP contribution in [0.3, 0.4) is 0 Å². The maximum atomic E-state index is 11.6. The fraction of sp³-hybridized carbons (Fsp3) is 0.111. The molecule has 0 aliphatic rings. The first-order chi connectivity index (χ1) is 12.6. The zero-order valence-electron chi connectivity index (χ0n) is 13.8. The largest absolute Gasteiger partial charge is 0.434 e. The number of rotatable bonds is 6. The molecule has 0 atom stereocenters. The second-order valence-electron chi connectivity index (χ2n) is 5.34. The summed E-state index contributed by atoms with van der Waals surface area (Å²) < 4.78 is 5.61. The third-order valence-corrected chi connectivity index (χ3v) is 3.97. The predicted octanol–water partition coefficient (Wildman–Crippen LogP) is 5.14. The van der Waals surface area contributed by atoms with E-state index in [1.165, 1.54) is 6.33 Å². The predicted molar refractivity (Wildman–Crippen MR) is 99.3 cm³/mol. The van der Waals surface area contributed by atoms with E-state index in [0.717, 1.165) is 12.0 Å². The summed E-state index contributed by atoms with van der Waals surface area (Å²) in [6.07, 6.45) is 2.09. The Balaban J connectivity index is 1.95. The molecule has 1 aromatic heterocycles. The van der Waals surface area contributed by atoms with Gasteiger partial charge in [-0.25, -0.2) is 4.98 Å². The van der Waals surface area contributed by atoms with Gasteiger partial charge in [-0.05, 0) is 36.2 Å². The molecular formula is C18H15ClN4O3. The van der Waals surface area contributed by atoms with Crippen LogP contribution in [0.5, 0.6) is 11.6 Å². The quantitative estimate of drug-likeness (QED) is 0.477. The van der Waals surface area contributed by atoms with Gasteiger partial charge in [0.1, 0.15) is 12.1 Å². The highest BCUT2D eigenvalue weighted by atomic mass is 35.5. The number of anilines is 2. The number of ether oxygens (including phenoxy) is 1. The number of hydrogen-bond donors (Lipinski definition) is 1. The van der Waals surface area contributed by atoms with Gasteiger partial charge in [0.2, 0.25) is 5.82 Å². The molecule has 0 spiro atoms. The fourth-order valence-electron chi connectivity index (χ4n) is 2.29. The van der Waals surface area contributed by atoms with E-state index >= 15 is 0 Å². The molecule has 3 aromatic rings. The Morgan fingerprint density at radius 2 is 1.88 bits per heavy atom. The Kier molecular flexibility index (Phi) is 5.28. The standard InChI is InChI=1S/C18H15ClN4O3/c1-2-12-7-9-13(10-8-12)26-18-16(23(24)25)17(20-11-21-18)22-15-6-4-3-5-14(15)19/h3-11H,2H2,1H3,(H,20,21,22). The maximum Gasteiger partial charge on any atom is 0.373 e. The van der Waals surface area contributed by atoms with Crippen LogP contribution in [0.2, 0.25) is 5.02 Å². The van der Waals surface area contributed by atoms with Crippen molar-refractivity contribution in [2.24, 2.45) is 0 Å². The molecule has 3 rings (SSSR count). The Bertz CT molecular complexity index is 932. The van der Waals surface area contributed by atoms with E-state index in [-0.39, 0.29) is 17.4 Å². The van der Waals surface area contributed by atoms with E-state index in [9.17, 15) is 10.1 Å². The van der Waals surface area contributed by atoms with Crippen molar-refractivity contribution >= 4 is 28.8 Å². The lowest BCUT2D eigenvalue weighted by Crippen LogP contribution is -2.03. The first kappa shape index (κ1) is 17.6. The number of para-hydroxylation sites is 1. The molecule has 0 aliphatic heterocycles. The van der Waals surface area contributed by atoms with E-state index in [1.54, 1.807) is 36.4 Å². The molecule has 132 valence electrons. The van der Waals surface area contributed by atoms with Gasteiger partial charge < -0.3 is 10.1 Å². The number of aryl methyl sites for hydroxylation is 1. The van der Waals surface area contributed by atoms with Crippen molar-refractivity contribution < 1.29 is 9.66 Å². The molecule has 0 fully saturated rings. The van der Waals surface area contributed by atoms with Crippen molar-refractivity contribution in [3.05, 3.63) is 75.6 Å². The van der Waals surface area contributed by atoms with Gasteiger partial charge >= 0.3 is 11.6 Å². The van der Waals surface area contributed by atoms with Gasteiger partial charge in [0.15, 0.2) is 0 Å². The van der Waals surface area contributed by atoms with Crippen LogP contribution in [0.1, 0.15) is 12.5 Å². The maximum absolute atomic E-state index is 11.6. The molecule has 0 saturated carbocycles. The minimum absolute atomic E-state index is 0.00159. The summed E-state index contributed by atoms with van der Waals surface area (Å²) in [6, 6.07) is 14.2. The number of nitrogens with zero attached hydrogens (tertiary/aromatic N) is 3. The minimum atomic E-state index is -0.588. The summed E-state index contributed by atoms with van der Waals surface area (Å²) in [6.45, 7) is 2.04. The van der Waals surface area contributed by atoms with Gasteiger partial charge in [-0.2, -0.15) is 4.98 Å². The number of halogens is 1. The summed E-state index contributed by atoms with van der Waals surface area (Å²) in [5, 5.41) is 14.9. The smallest absolute Gasteiger partial charge is 0.373 e. The number of aromatic nitrogens is 2. The number of nitrogens with one attached hydrogen (secondary N) is 1. The third-order valence-electron chi connectivity index (χ3n) is 3.64. The normalized spacial score (nSPS) is 10.4. The summed E-state index contributed by atoms with van der Waals surface area (Å²) >= 11 is 6.10. The van der Waals surface area contributed by atoms with Crippen LogP contribution in [0.25, 0.3) is 0 Å². The summed E-state index contributed by atoms with van der Waals surface area (Å²) in [5.74, 6) is 0.301. The minimum Gasteiger partial charge on any atom is -0.434 e. The molecule has 0 aliphatic carbocycles. The van der Waals surface area contributed by atoms with Crippen molar-refractivity contribution in [2.75, 3.05) is 5.32 Å². The molecular weight excluding hydrogens is 356 g/mol. The lowest BCUT2D eigenvalue weighted by molar-refractivity contribution is -0.385. The Morgan fingerprint density at radius 3 is 2.54 bits per heavy atom.